The van der Waals surface area contributed by atoms with Gasteiger partial charge >= 0.3 is 0 Å². The minimum Gasteiger partial charge on any atom is -0.298 e. The molecule has 0 spiro atoms. The molecule has 2 heteroatoms. The van der Waals surface area contributed by atoms with E-state index >= 15 is 0 Å². The molecule has 0 amide bonds. The molecule has 0 aromatic carbocycles. The molecule has 0 aliphatic heterocycles. The number of rotatable bonds is 0. The van der Waals surface area contributed by atoms with Crippen molar-refractivity contribution in [1.29, 1.82) is 0 Å². The van der Waals surface area contributed by atoms with Gasteiger partial charge in [-0.15, -0.1) is 0 Å². The van der Waals surface area contributed by atoms with E-state index in [-0.39, 0.29) is 23.7 Å². The normalized spacial score (nSPS) is 56.3. The third kappa shape index (κ3) is 0.519. The van der Waals surface area contributed by atoms with Crippen LogP contribution in [0.5, 0.6) is 0 Å². The summed E-state index contributed by atoms with van der Waals surface area (Å²) in [4.78, 5) is 23.9. The molecule has 70 valence electrons. The summed E-state index contributed by atoms with van der Waals surface area (Å²) in [7, 11) is 0. The van der Waals surface area contributed by atoms with Crippen LogP contribution in [0.2, 0.25) is 0 Å². The molecule has 4 aliphatic rings. The molecule has 0 aromatic rings. The summed E-state index contributed by atoms with van der Waals surface area (Å²) in [6.45, 7) is 0. The van der Waals surface area contributed by atoms with Gasteiger partial charge < -0.3 is 0 Å². The van der Waals surface area contributed by atoms with Crippen LogP contribution in [0, 0.1) is 35.5 Å². The lowest BCUT2D eigenvalue weighted by Crippen LogP contribution is -2.17. The average molecular weight is 186 g/mol. The van der Waals surface area contributed by atoms with E-state index in [0.717, 1.165) is 0 Å². The van der Waals surface area contributed by atoms with Crippen LogP contribution < -0.4 is 0 Å². The minimum atomic E-state index is 0.0638. The van der Waals surface area contributed by atoms with E-state index < -0.39 is 0 Å². The summed E-state index contributed by atoms with van der Waals surface area (Å²) in [6.07, 6.45) is 7.88. The van der Waals surface area contributed by atoms with Gasteiger partial charge in [-0.2, -0.15) is 0 Å². The van der Waals surface area contributed by atoms with Gasteiger partial charge in [0.1, 0.15) is 11.6 Å². The Balaban J connectivity index is 1.96. The fraction of sp³-hybridized carbons (Fsp3) is 0.500. The third-order valence-electron chi connectivity index (χ3n) is 4.47. The van der Waals surface area contributed by atoms with Gasteiger partial charge in [0, 0.05) is 23.7 Å². The molecular formula is C12H10O2. The van der Waals surface area contributed by atoms with Crippen molar-refractivity contribution in [2.45, 2.75) is 0 Å². The zero-order chi connectivity index (χ0) is 9.45. The molecule has 0 radical (unpaired) electrons. The maximum atomic E-state index is 11.9. The summed E-state index contributed by atoms with van der Waals surface area (Å²) in [5, 5.41) is 0. The smallest absolute Gasteiger partial charge is 0.147 e. The molecule has 2 nitrogen and oxygen atoms in total. The van der Waals surface area contributed by atoms with E-state index in [2.05, 4.69) is 0 Å². The van der Waals surface area contributed by atoms with Gasteiger partial charge in [-0.3, -0.25) is 9.59 Å². The SMILES string of the molecule is O=C1[C@H]2C=C[C@H]3C(=O)[C@@H]4C=C[C@@H]1C4C23. The summed E-state index contributed by atoms with van der Waals surface area (Å²) in [5.74, 6) is 1.60. The van der Waals surface area contributed by atoms with Crippen molar-refractivity contribution in [3.8, 4) is 0 Å². The lowest BCUT2D eigenvalue weighted by molar-refractivity contribution is -0.124. The van der Waals surface area contributed by atoms with Crippen molar-refractivity contribution < 1.29 is 9.59 Å². The summed E-state index contributed by atoms with van der Waals surface area (Å²) < 4.78 is 0. The maximum Gasteiger partial charge on any atom is 0.147 e. The predicted molar refractivity (Wildman–Crippen MR) is 49.2 cm³/mol. The Kier molecular flexibility index (Phi) is 0.983. The standard InChI is InChI=1S/C12H10O2/c13-11-5-1-2-6-9(5)10-7(11)3-4-8(10)12(6)14/h1-10H/t5-,6-,7-,8+,9?,10?/m1/s1. The van der Waals surface area contributed by atoms with Crippen LogP contribution in [0.3, 0.4) is 0 Å². The number of carbonyl (C=O) groups is 2. The van der Waals surface area contributed by atoms with Gasteiger partial charge in [0.25, 0.3) is 0 Å². The molecule has 4 rings (SSSR count). The first kappa shape index (κ1) is 7.16. The number of Topliss-reactive ketones (excluding diaryl/α,β-unsaturated/α-hetero) is 2. The van der Waals surface area contributed by atoms with Crippen LogP contribution in [-0.2, 0) is 9.59 Å². The summed E-state index contributed by atoms with van der Waals surface area (Å²) >= 11 is 0. The van der Waals surface area contributed by atoms with Crippen LogP contribution in [-0.4, -0.2) is 11.6 Å². The highest BCUT2D eigenvalue weighted by Crippen LogP contribution is 2.59. The van der Waals surface area contributed by atoms with E-state index in [1.807, 2.05) is 24.3 Å². The Morgan fingerprint density at radius 1 is 0.643 bits per heavy atom. The topological polar surface area (TPSA) is 34.1 Å². The largest absolute Gasteiger partial charge is 0.298 e. The number of carbonyl (C=O) groups excluding carboxylic acids is 2. The molecule has 0 aromatic heterocycles. The Morgan fingerprint density at radius 3 is 1.21 bits per heavy atom. The molecule has 0 heterocycles. The number of allylic oxidation sites excluding steroid dienone is 4. The van der Waals surface area contributed by atoms with E-state index in [0.29, 0.717) is 23.4 Å². The van der Waals surface area contributed by atoms with Gasteiger partial charge in [-0.05, 0) is 11.8 Å². The van der Waals surface area contributed by atoms with Gasteiger partial charge in [-0.25, -0.2) is 0 Å². The van der Waals surface area contributed by atoms with E-state index in [4.69, 9.17) is 0 Å². The molecule has 2 unspecified atom stereocenters. The zero-order valence-electron chi connectivity index (χ0n) is 7.59. The van der Waals surface area contributed by atoms with Crippen molar-refractivity contribution in [3.05, 3.63) is 24.3 Å². The number of ketones is 2. The monoisotopic (exact) mass is 186 g/mol. The van der Waals surface area contributed by atoms with Gasteiger partial charge in [0.15, 0.2) is 0 Å². The average Bonchev–Trinajstić information content (AvgIpc) is 2.83. The van der Waals surface area contributed by atoms with Crippen LogP contribution in [0.25, 0.3) is 0 Å². The molecule has 2 fully saturated rings. The number of hydrogen-bond donors (Lipinski definition) is 0. The van der Waals surface area contributed by atoms with Crippen LogP contribution in [0.15, 0.2) is 24.3 Å². The highest BCUT2D eigenvalue weighted by atomic mass is 16.1. The Morgan fingerprint density at radius 2 is 0.929 bits per heavy atom. The van der Waals surface area contributed by atoms with Crippen LogP contribution in [0.1, 0.15) is 0 Å². The fourth-order valence-electron chi connectivity index (χ4n) is 3.98. The van der Waals surface area contributed by atoms with Crippen molar-refractivity contribution >= 4 is 11.6 Å². The van der Waals surface area contributed by atoms with Crippen molar-refractivity contribution in [3.63, 3.8) is 0 Å². The lowest BCUT2D eigenvalue weighted by atomic mass is 9.88. The Bertz CT molecular complexity index is 346. The first-order valence-electron chi connectivity index (χ1n) is 5.23. The molecule has 0 saturated heterocycles. The minimum absolute atomic E-state index is 0.0638. The highest BCUT2D eigenvalue weighted by Gasteiger charge is 2.64. The maximum absolute atomic E-state index is 11.9. The molecular weight excluding hydrogens is 176 g/mol. The van der Waals surface area contributed by atoms with Gasteiger partial charge in [-0.1, -0.05) is 24.3 Å². The van der Waals surface area contributed by atoms with E-state index in [9.17, 15) is 9.59 Å². The molecule has 2 saturated carbocycles. The fourth-order valence-corrected chi connectivity index (χ4v) is 3.98. The predicted octanol–water partition coefficient (Wildman–Crippen LogP) is 0.989. The molecule has 0 bridgehead atoms. The first-order valence-corrected chi connectivity index (χ1v) is 5.23. The Labute approximate surface area is 81.7 Å². The van der Waals surface area contributed by atoms with Crippen LogP contribution in [0.4, 0.5) is 0 Å². The molecule has 0 N–H and O–H groups in total. The van der Waals surface area contributed by atoms with Crippen LogP contribution >= 0.6 is 0 Å². The second-order valence-electron chi connectivity index (χ2n) is 4.83. The summed E-state index contributed by atoms with van der Waals surface area (Å²) in [5.41, 5.74) is 0. The van der Waals surface area contributed by atoms with Crippen molar-refractivity contribution in [2.75, 3.05) is 0 Å². The second-order valence-corrected chi connectivity index (χ2v) is 4.83. The van der Waals surface area contributed by atoms with Gasteiger partial charge in [0.2, 0.25) is 0 Å². The molecule has 6 atom stereocenters. The number of hydrogen-bond acceptors (Lipinski definition) is 2. The molecule has 4 aliphatic carbocycles. The zero-order valence-corrected chi connectivity index (χ0v) is 7.59. The lowest BCUT2D eigenvalue weighted by Gasteiger charge is -2.12. The Hall–Kier alpha value is -1.18. The quantitative estimate of drug-likeness (QED) is 0.529. The van der Waals surface area contributed by atoms with E-state index in [1.54, 1.807) is 0 Å². The third-order valence-corrected chi connectivity index (χ3v) is 4.47. The van der Waals surface area contributed by atoms with Crippen molar-refractivity contribution in [2.24, 2.45) is 35.5 Å². The highest BCUT2D eigenvalue weighted by molar-refractivity contribution is 6.00. The first-order chi connectivity index (χ1) is 6.79. The van der Waals surface area contributed by atoms with E-state index in [1.165, 1.54) is 0 Å². The summed E-state index contributed by atoms with van der Waals surface area (Å²) in [6, 6.07) is 0. The molecule has 14 heavy (non-hydrogen) atoms. The van der Waals surface area contributed by atoms with Gasteiger partial charge in [0.05, 0.1) is 0 Å². The second kappa shape index (κ2) is 1.92. The van der Waals surface area contributed by atoms with Crippen molar-refractivity contribution in [1.82, 2.24) is 0 Å².